The molecule has 5 N–H and O–H groups in total. The molecule has 0 spiro atoms. The van der Waals surface area contributed by atoms with E-state index in [1.54, 1.807) is 0 Å². The number of rotatable bonds is 4. The first kappa shape index (κ1) is 13.8. The van der Waals surface area contributed by atoms with Gasteiger partial charge in [0.1, 0.15) is 24.4 Å². The molecule has 0 aromatic heterocycles. The fourth-order valence-electron chi connectivity index (χ4n) is 1.70. The maximum Gasteiger partial charge on any atom is 0.111 e. The highest BCUT2D eigenvalue weighted by Gasteiger charge is 2.42. The molecule has 0 radical (unpaired) electrons. The van der Waals surface area contributed by atoms with Crippen LogP contribution in [0.5, 0.6) is 0 Å². The second-order valence-electron chi connectivity index (χ2n) is 4.43. The Hall–Kier alpha value is -0.240. The van der Waals surface area contributed by atoms with Crippen LogP contribution in [0.25, 0.3) is 0 Å². The molecule has 1 rings (SSSR count). The summed E-state index contributed by atoms with van der Waals surface area (Å²) in [7, 11) is 0. The van der Waals surface area contributed by atoms with Gasteiger partial charge in [-0.25, -0.2) is 0 Å². The third kappa shape index (κ3) is 3.13. The zero-order chi connectivity index (χ0) is 12.3. The predicted octanol–water partition coefficient (Wildman–Crippen LogP) is -2.17. The van der Waals surface area contributed by atoms with Crippen molar-refractivity contribution in [2.24, 2.45) is 0 Å². The second kappa shape index (κ2) is 5.90. The van der Waals surface area contributed by atoms with E-state index in [1.807, 2.05) is 13.8 Å². The Kier molecular flexibility index (Phi) is 5.10. The van der Waals surface area contributed by atoms with E-state index < -0.39 is 30.5 Å². The lowest BCUT2D eigenvalue weighted by Gasteiger charge is -2.40. The van der Waals surface area contributed by atoms with Gasteiger partial charge in [-0.2, -0.15) is 0 Å². The van der Waals surface area contributed by atoms with Gasteiger partial charge in [0, 0.05) is 12.6 Å². The van der Waals surface area contributed by atoms with Crippen molar-refractivity contribution >= 4 is 0 Å². The van der Waals surface area contributed by atoms with Gasteiger partial charge in [-0.05, 0) is 0 Å². The van der Waals surface area contributed by atoms with Gasteiger partial charge in [-0.1, -0.05) is 13.8 Å². The lowest BCUT2D eigenvalue weighted by molar-refractivity contribution is -0.227. The average molecular weight is 235 g/mol. The van der Waals surface area contributed by atoms with Gasteiger partial charge >= 0.3 is 0 Å². The number of aliphatic hydroxyl groups excluding tert-OH is 4. The van der Waals surface area contributed by atoms with Gasteiger partial charge < -0.3 is 30.5 Å². The predicted molar refractivity (Wildman–Crippen MR) is 56.9 cm³/mol. The summed E-state index contributed by atoms with van der Waals surface area (Å²) in [6.07, 6.45) is -5.17. The first-order valence-corrected chi connectivity index (χ1v) is 5.51. The summed E-state index contributed by atoms with van der Waals surface area (Å²) in [5.74, 6) is 0. The Morgan fingerprint density at radius 2 is 1.62 bits per heavy atom. The fourth-order valence-corrected chi connectivity index (χ4v) is 1.70. The fraction of sp³-hybridized carbons (Fsp3) is 1.00. The van der Waals surface area contributed by atoms with Crippen LogP contribution in [0.15, 0.2) is 0 Å². The van der Waals surface area contributed by atoms with Gasteiger partial charge in [0.05, 0.1) is 12.7 Å². The van der Waals surface area contributed by atoms with Crippen LogP contribution in [0.2, 0.25) is 0 Å². The molecule has 6 heteroatoms. The van der Waals surface area contributed by atoms with Gasteiger partial charge in [-0.15, -0.1) is 0 Å². The van der Waals surface area contributed by atoms with Gasteiger partial charge in [-0.3, -0.25) is 0 Å². The van der Waals surface area contributed by atoms with E-state index in [4.69, 9.17) is 9.84 Å². The molecule has 0 unspecified atom stereocenters. The summed E-state index contributed by atoms with van der Waals surface area (Å²) in [4.78, 5) is 0. The number of hydrogen-bond acceptors (Lipinski definition) is 6. The van der Waals surface area contributed by atoms with Gasteiger partial charge in [0.2, 0.25) is 0 Å². The van der Waals surface area contributed by atoms with Crippen molar-refractivity contribution in [1.29, 1.82) is 0 Å². The van der Waals surface area contributed by atoms with E-state index >= 15 is 0 Å². The van der Waals surface area contributed by atoms with Crippen molar-refractivity contribution in [3.05, 3.63) is 0 Å². The molecule has 0 amide bonds. The lowest BCUT2D eigenvalue weighted by Crippen LogP contribution is -2.60. The van der Waals surface area contributed by atoms with Crippen LogP contribution in [0, 0.1) is 0 Å². The molecule has 1 heterocycles. The topological polar surface area (TPSA) is 102 Å². The molecule has 1 aliphatic rings. The Labute approximate surface area is 94.9 Å². The maximum atomic E-state index is 9.68. The maximum absolute atomic E-state index is 9.68. The van der Waals surface area contributed by atoms with Crippen LogP contribution >= 0.6 is 0 Å². The van der Waals surface area contributed by atoms with Crippen LogP contribution in [-0.4, -0.2) is 70.1 Å². The summed E-state index contributed by atoms with van der Waals surface area (Å²) in [6, 6.07) is 0.229. The molecular formula is C10H21NO5. The Bertz CT molecular complexity index is 211. The molecule has 5 atom stereocenters. The monoisotopic (exact) mass is 235 g/mol. The molecule has 6 nitrogen and oxygen atoms in total. The first-order chi connectivity index (χ1) is 7.47. The number of nitrogens with one attached hydrogen (secondary N) is 1. The quantitative estimate of drug-likeness (QED) is 0.380. The summed E-state index contributed by atoms with van der Waals surface area (Å²) in [6.45, 7) is 3.87. The number of aliphatic hydroxyl groups is 4. The van der Waals surface area contributed by atoms with Crippen molar-refractivity contribution in [2.75, 3.05) is 13.2 Å². The smallest absolute Gasteiger partial charge is 0.111 e. The minimum Gasteiger partial charge on any atom is -0.394 e. The molecular weight excluding hydrogens is 214 g/mol. The van der Waals surface area contributed by atoms with Crippen LogP contribution in [-0.2, 0) is 4.74 Å². The Morgan fingerprint density at radius 1 is 1.06 bits per heavy atom. The molecule has 1 fully saturated rings. The summed E-state index contributed by atoms with van der Waals surface area (Å²) >= 11 is 0. The third-order valence-electron chi connectivity index (χ3n) is 2.72. The highest BCUT2D eigenvalue weighted by Crippen LogP contribution is 2.20. The second-order valence-corrected chi connectivity index (χ2v) is 4.43. The lowest BCUT2D eigenvalue weighted by atomic mass is 9.95. The van der Waals surface area contributed by atoms with E-state index in [1.165, 1.54) is 0 Å². The minimum absolute atomic E-state index is 0.229. The summed E-state index contributed by atoms with van der Waals surface area (Å²) < 4.78 is 5.31. The minimum atomic E-state index is -1.29. The van der Waals surface area contributed by atoms with Crippen molar-refractivity contribution in [2.45, 2.75) is 50.4 Å². The summed E-state index contributed by atoms with van der Waals surface area (Å²) in [5.41, 5.74) is 0. The van der Waals surface area contributed by atoms with Gasteiger partial charge in [0.15, 0.2) is 0 Å². The highest BCUT2D eigenvalue weighted by atomic mass is 16.5. The zero-order valence-corrected chi connectivity index (χ0v) is 9.58. The standard InChI is InChI=1S/C10H21NO5/c1-5(2)11-3-6-8(13)10(15)9(14)7(4-12)16-6/h5-15H,3-4H2,1-2H3/t6-,7+,8-,9+,10+/m0/s1. The molecule has 0 aliphatic carbocycles. The molecule has 96 valence electrons. The number of ether oxygens (including phenoxy) is 1. The van der Waals surface area contributed by atoms with Crippen molar-refractivity contribution in [1.82, 2.24) is 5.32 Å². The van der Waals surface area contributed by atoms with E-state index in [-0.39, 0.29) is 12.6 Å². The molecule has 0 saturated carbocycles. The molecule has 0 aromatic rings. The molecule has 1 saturated heterocycles. The Balaban J connectivity index is 2.56. The van der Waals surface area contributed by atoms with Crippen LogP contribution in [0.4, 0.5) is 0 Å². The molecule has 1 aliphatic heterocycles. The normalized spacial score (nSPS) is 40.3. The van der Waals surface area contributed by atoms with Gasteiger partial charge in [0.25, 0.3) is 0 Å². The van der Waals surface area contributed by atoms with E-state index in [0.717, 1.165) is 0 Å². The molecule has 0 bridgehead atoms. The average Bonchev–Trinajstić information content (AvgIpc) is 2.25. The SMILES string of the molecule is CC(C)NC[C@@H]1O[C@H](CO)[C@@H](O)[C@H](O)[C@H]1O. The van der Waals surface area contributed by atoms with E-state index in [0.29, 0.717) is 6.54 Å². The zero-order valence-electron chi connectivity index (χ0n) is 9.58. The highest BCUT2D eigenvalue weighted by molar-refractivity contribution is 4.92. The summed E-state index contributed by atoms with van der Waals surface area (Å²) in [5, 5.41) is 40.8. The van der Waals surface area contributed by atoms with Crippen molar-refractivity contribution in [3.8, 4) is 0 Å². The first-order valence-electron chi connectivity index (χ1n) is 5.51. The largest absolute Gasteiger partial charge is 0.394 e. The third-order valence-corrected chi connectivity index (χ3v) is 2.72. The number of hydrogen-bond donors (Lipinski definition) is 5. The van der Waals surface area contributed by atoms with Crippen molar-refractivity contribution in [3.63, 3.8) is 0 Å². The van der Waals surface area contributed by atoms with Crippen LogP contribution < -0.4 is 5.32 Å². The van der Waals surface area contributed by atoms with E-state index in [9.17, 15) is 15.3 Å². The van der Waals surface area contributed by atoms with E-state index in [2.05, 4.69) is 5.32 Å². The van der Waals surface area contributed by atoms with Crippen molar-refractivity contribution < 1.29 is 25.2 Å². The molecule has 16 heavy (non-hydrogen) atoms. The Morgan fingerprint density at radius 3 is 2.12 bits per heavy atom. The molecule has 0 aromatic carbocycles. The van der Waals surface area contributed by atoms with Crippen LogP contribution in [0.3, 0.4) is 0 Å². The van der Waals surface area contributed by atoms with Crippen LogP contribution in [0.1, 0.15) is 13.8 Å².